The maximum atomic E-state index is 12.5. The van der Waals surface area contributed by atoms with Crippen molar-refractivity contribution in [3.8, 4) is 0 Å². The number of carbonyl (C=O) groups excluding carboxylic acids is 3. The van der Waals surface area contributed by atoms with E-state index in [1.54, 1.807) is 26.0 Å². The fourth-order valence-electron chi connectivity index (χ4n) is 3.78. The Bertz CT molecular complexity index is 831. The highest BCUT2D eigenvalue weighted by Gasteiger charge is 2.51. The maximum Gasteiger partial charge on any atom is 0.307 e. The first kappa shape index (κ1) is 19.6. The van der Waals surface area contributed by atoms with Crippen molar-refractivity contribution in [3.63, 3.8) is 0 Å². The van der Waals surface area contributed by atoms with Crippen molar-refractivity contribution in [1.82, 2.24) is 10.9 Å². The summed E-state index contributed by atoms with van der Waals surface area (Å²) in [5.41, 5.74) is 5.54. The summed E-state index contributed by atoms with van der Waals surface area (Å²) in [6, 6.07) is 6.24. The van der Waals surface area contributed by atoms with Crippen LogP contribution in [0, 0.1) is 29.6 Å². The Kier molecular flexibility index (Phi) is 5.48. The van der Waals surface area contributed by atoms with Gasteiger partial charge in [-0.3, -0.25) is 30.0 Å². The van der Waals surface area contributed by atoms with Crippen LogP contribution in [0.4, 0.5) is 5.69 Å². The second-order valence-corrected chi connectivity index (χ2v) is 7.50. The standard InChI is InChI=1S/C20H23N3O5/c1-10(2)17(24)21-14-7-5-11(6-8-14)18(25)22-23-19(26)15-12-3-4-13(9-12)16(15)20(27)28/h3-8,10,12-13,15-16H,9H2,1-2H3,(H,21,24)(H,22,25)(H,23,26)(H,27,28)/t12-,13-,15+,16+/m0/s1. The van der Waals surface area contributed by atoms with Crippen molar-refractivity contribution in [1.29, 1.82) is 0 Å². The first-order chi connectivity index (χ1) is 13.3. The van der Waals surface area contributed by atoms with Gasteiger partial charge in [-0.25, -0.2) is 0 Å². The highest BCUT2D eigenvalue weighted by atomic mass is 16.4. The number of carboxylic acid groups (broad SMARTS) is 1. The van der Waals surface area contributed by atoms with Crippen molar-refractivity contribution in [3.05, 3.63) is 42.0 Å². The minimum absolute atomic E-state index is 0.119. The lowest BCUT2D eigenvalue weighted by atomic mass is 9.82. The lowest BCUT2D eigenvalue weighted by molar-refractivity contribution is -0.148. The third kappa shape index (κ3) is 3.90. The zero-order valence-electron chi connectivity index (χ0n) is 15.6. The first-order valence-corrected chi connectivity index (χ1v) is 9.20. The molecule has 3 rings (SSSR count). The van der Waals surface area contributed by atoms with E-state index in [4.69, 9.17) is 0 Å². The quantitative estimate of drug-likeness (QED) is 0.452. The zero-order chi connectivity index (χ0) is 20.4. The molecule has 0 heterocycles. The highest BCUT2D eigenvalue weighted by molar-refractivity contribution is 5.97. The van der Waals surface area contributed by atoms with Crippen LogP contribution in [0.15, 0.2) is 36.4 Å². The van der Waals surface area contributed by atoms with Gasteiger partial charge in [-0.05, 0) is 42.5 Å². The molecule has 0 radical (unpaired) electrons. The van der Waals surface area contributed by atoms with E-state index in [1.807, 2.05) is 12.2 Å². The number of amides is 3. The van der Waals surface area contributed by atoms with Crippen molar-refractivity contribution in [2.24, 2.45) is 29.6 Å². The number of carboxylic acids is 1. The van der Waals surface area contributed by atoms with Gasteiger partial charge in [0.15, 0.2) is 0 Å². The van der Waals surface area contributed by atoms with E-state index in [-0.39, 0.29) is 23.7 Å². The highest BCUT2D eigenvalue weighted by Crippen LogP contribution is 2.48. The third-order valence-electron chi connectivity index (χ3n) is 5.29. The van der Waals surface area contributed by atoms with Gasteiger partial charge in [-0.15, -0.1) is 0 Å². The number of rotatable bonds is 5. The van der Waals surface area contributed by atoms with Crippen LogP contribution in [0.25, 0.3) is 0 Å². The number of aliphatic carboxylic acids is 1. The Labute approximate surface area is 162 Å². The molecule has 2 bridgehead atoms. The topological polar surface area (TPSA) is 125 Å². The molecule has 1 aromatic rings. The lowest BCUT2D eigenvalue weighted by Gasteiger charge is -2.23. The molecule has 0 unspecified atom stereocenters. The predicted molar refractivity (Wildman–Crippen MR) is 101 cm³/mol. The Balaban J connectivity index is 1.57. The van der Waals surface area contributed by atoms with Crippen LogP contribution in [0.2, 0.25) is 0 Å². The van der Waals surface area contributed by atoms with E-state index in [0.29, 0.717) is 17.7 Å². The summed E-state index contributed by atoms with van der Waals surface area (Å²) in [4.78, 5) is 47.9. The van der Waals surface area contributed by atoms with E-state index in [9.17, 15) is 24.3 Å². The minimum Gasteiger partial charge on any atom is -0.481 e. The monoisotopic (exact) mass is 385 g/mol. The predicted octanol–water partition coefficient (Wildman–Crippen LogP) is 1.56. The fraction of sp³-hybridized carbons (Fsp3) is 0.400. The van der Waals surface area contributed by atoms with E-state index in [1.165, 1.54) is 12.1 Å². The van der Waals surface area contributed by atoms with Gasteiger partial charge in [0.25, 0.3) is 5.91 Å². The summed E-state index contributed by atoms with van der Waals surface area (Å²) in [7, 11) is 0. The summed E-state index contributed by atoms with van der Waals surface area (Å²) < 4.78 is 0. The minimum atomic E-state index is -0.998. The second-order valence-electron chi connectivity index (χ2n) is 7.50. The smallest absolute Gasteiger partial charge is 0.307 e. The van der Waals surface area contributed by atoms with Crippen molar-refractivity contribution < 1.29 is 24.3 Å². The summed E-state index contributed by atoms with van der Waals surface area (Å²) in [6.07, 6.45) is 4.37. The molecule has 2 aliphatic carbocycles. The molecule has 1 fully saturated rings. The molecule has 28 heavy (non-hydrogen) atoms. The molecule has 0 spiro atoms. The number of anilines is 1. The summed E-state index contributed by atoms with van der Waals surface area (Å²) >= 11 is 0. The van der Waals surface area contributed by atoms with E-state index in [2.05, 4.69) is 16.2 Å². The molecule has 148 valence electrons. The van der Waals surface area contributed by atoms with Crippen molar-refractivity contribution >= 4 is 29.4 Å². The Morgan fingerprint density at radius 3 is 2.14 bits per heavy atom. The van der Waals surface area contributed by atoms with Gasteiger partial charge in [-0.2, -0.15) is 0 Å². The van der Waals surface area contributed by atoms with E-state index in [0.717, 1.165) is 0 Å². The summed E-state index contributed by atoms with van der Waals surface area (Å²) in [5, 5.41) is 12.1. The molecule has 2 aliphatic rings. The van der Waals surface area contributed by atoms with Gasteiger partial charge in [0.2, 0.25) is 11.8 Å². The van der Waals surface area contributed by atoms with E-state index < -0.39 is 29.6 Å². The van der Waals surface area contributed by atoms with Crippen LogP contribution < -0.4 is 16.2 Å². The molecule has 0 saturated heterocycles. The number of hydrogen-bond acceptors (Lipinski definition) is 4. The number of hydrogen-bond donors (Lipinski definition) is 4. The average molecular weight is 385 g/mol. The molecule has 1 saturated carbocycles. The van der Waals surface area contributed by atoms with Crippen LogP contribution in [-0.2, 0) is 14.4 Å². The molecular weight excluding hydrogens is 362 g/mol. The van der Waals surface area contributed by atoms with E-state index >= 15 is 0 Å². The van der Waals surface area contributed by atoms with Crippen LogP contribution >= 0.6 is 0 Å². The molecule has 4 N–H and O–H groups in total. The number of allylic oxidation sites excluding steroid dienone is 2. The second kappa shape index (κ2) is 7.84. The van der Waals surface area contributed by atoms with Gasteiger partial charge in [0.1, 0.15) is 0 Å². The van der Waals surface area contributed by atoms with Crippen LogP contribution in [-0.4, -0.2) is 28.8 Å². The number of nitrogens with one attached hydrogen (secondary N) is 3. The van der Waals surface area contributed by atoms with Gasteiger partial charge < -0.3 is 10.4 Å². The number of hydrazine groups is 1. The molecule has 3 amide bonds. The zero-order valence-corrected chi connectivity index (χ0v) is 15.6. The maximum absolute atomic E-state index is 12.5. The SMILES string of the molecule is CC(C)C(=O)Nc1ccc(C(=O)NNC(=O)[C@H]2[C@H](C(=O)O)[C@H]3C=C[C@H]2C3)cc1. The number of benzene rings is 1. The molecular formula is C20H23N3O5. The fourth-order valence-corrected chi connectivity index (χ4v) is 3.78. The molecule has 8 heteroatoms. The molecule has 4 atom stereocenters. The lowest BCUT2D eigenvalue weighted by Crippen LogP contribution is -2.48. The Hall–Kier alpha value is -3.16. The average Bonchev–Trinajstić information content (AvgIpc) is 3.27. The summed E-state index contributed by atoms with van der Waals surface area (Å²) in [6.45, 7) is 3.56. The van der Waals surface area contributed by atoms with Gasteiger partial charge in [0, 0.05) is 17.2 Å². The van der Waals surface area contributed by atoms with Gasteiger partial charge in [0.05, 0.1) is 11.8 Å². The molecule has 1 aromatic carbocycles. The molecule has 0 aliphatic heterocycles. The van der Waals surface area contributed by atoms with Crippen LogP contribution in [0.1, 0.15) is 30.6 Å². The first-order valence-electron chi connectivity index (χ1n) is 9.20. The number of fused-ring (bicyclic) bond motifs is 2. The Morgan fingerprint density at radius 1 is 0.964 bits per heavy atom. The van der Waals surface area contributed by atoms with Crippen LogP contribution in [0.5, 0.6) is 0 Å². The van der Waals surface area contributed by atoms with Crippen molar-refractivity contribution in [2.45, 2.75) is 20.3 Å². The number of carbonyl (C=O) groups is 4. The van der Waals surface area contributed by atoms with Gasteiger partial charge in [-0.1, -0.05) is 26.0 Å². The molecule has 0 aromatic heterocycles. The largest absolute Gasteiger partial charge is 0.481 e. The third-order valence-corrected chi connectivity index (χ3v) is 5.29. The van der Waals surface area contributed by atoms with Gasteiger partial charge >= 0.3 is 5.97 Å². The molecule has 8 nitrogen and oxygen atoms in total. The van der Waals surface area contributed by atoms with Crippen molar-refractivity contribution in [2.75, 3.05) is 5.32 Å². The normalized spacial score (nSPS) is 24.8. The van der Waals surface area contributed by atoms with Crippen LogP contribution in [0.3, 0.4) is 0 Å². The summed E-state index contributed by atoms with van der Waals surface area (Å²) in [5.74, 6) is -4.03. The Morgan fingerprint density at radius 2 is 1.57 bits per heavy atom.